The van der Waals surface area contributed by atoms with Crippen LogP contribution in [-0.4, -0.2) is 0 Å². The molecule has 0 aliphatic heterocycles. The zero-order chi connectivity index (χ0) is 24.6. The Labute approximate surface area is 190 Å². The SMILES string of the molecule is Cc1ccc(CCc2ccc3cc(C(F)(F)Oc4cc(F)c(F)c(F)c4)ccc3c2)c(F)c1F. The molecule has 0 atom stereocenters. The van der Waals surface area contributed by atoms with Crippen LogP contribution in [0.15, 0.2) is 60.7 Å². The third-order valence-corrected chi connectivity index (χ3v) is 5.48. The molecule has 0 bridgehead atoms. The van der Waals surface area contributed by atoms with Gasteiger partial charge in [0.2, 0.25) is 0 Å². The van der Waals surface area contributed by atoms with Gasteiger partial charge < -0.3 is 4.74 Å². The summed E-state index contributed by atoms with van der Waals surface area (Å²) in [4.78, 5) is 0. The zero-order valence-electron chi connectivity index (χ0n) is 17.7. The van der Waals surface area contributed by atoms with Crippen molar-refractivity contribution in [2.24, 2.45) is 0 Å². The van der Waals surface area contributed by atoms with Gasteiger partial charge in [-0.1, -0.05) is 36.4 Å². The van der Waals surface area contributed by atoms with Gasteiger partial charge in [0.25, 0.3) is 0 Å². The first kappa shape index (κ1) is 23.6. The summed E-state index contributed by atoms with van der Waals surface area (Å²) >= 11 is 0. The Bertz CT molecular complexity index is 1360. The summed E-state index contributed by atoms with van der Waals surface area (Å²) in [7, 11) is 0. The average Bonchev–Trinajstić information content (AvgIpc) is 2.79. The van der Waals surface area contributed by atoms with E-state index in [2.05, 4.69) is 4.74 Å². The summed E-state index contributed by atoms with van der Waals surface area (Å²) in [6, 6.07) is 12.4. The van der Waals surface area contributed by atoms with Gasteiger partial charge in [-0.2, -0.15) is 8.78 Å². The van der Waals surface area contributed by atoms with Crippen molar-refractivity contribution >= 4 is 10.8 Å². The molecular formula is C26H17F7O. The van der Waals surface area contributed by atoms with Crippen LogP contribution in [0.5, 0.6) is 5.75 Å². The average molecular weight is 478 g/mol. The molecule has 0 unspecified atom stereocenters. The lowest BCUT2D eigenvalue weighted by Gasteiger charge is -2.19. The second-order valence-corrected chi connectivity index (χ2v) is 7.89. The standard InChI is InChI=1S/C26H17F7O/c1-14-2-5-16(24(30)23(14)29)6-3-15-4-7-18-11-19(9-8-17(18)10-15)26(32,33)34-20-12-21(27)25(31)22(28)13-20/h2,4-5,7-13H,3,6H2,1H3. The van der Waals surface area contributed by atoms with Crippen molar-refractivity contribution in [3.8, 4) is 5.75 Å². The molecule has 1 nitrogen and oxygen atoms in total. The summed E-state index contributed by atoms with van der Waals surface area (Å²) in [5, 5.41) is 1.06. The Balaban J connectivity index is 1.53. The number of rotatable bonds is 6. The van der Waals surface area contributed by atoms with Gasteiger partial charge >= 0.3 is 6.11 Å². The lowest BCUT2D eigenvalue weighted by molar-refractivity contribution is -0.185. The first-order valence-corrected chi connectivity index (χ1v) is 10.2. The van der Waals surface area contributed by atoms with E-state index in [0.29, 0.717) is 29.3 Å². The molecule has 8 heteroatoms. The molecule has 0 fully saturated rings. The fraction of sp³-hybridized carbons (Fsp3) is 0.154. The van der Waals surface area contributed by atoms with Crippen molar-refractivity contribution in [2.75, 3.05) is 0 Å². The topological polar surface area (TPSA) is 9.23 Å². The van der Waals surface area contributed by atoms with Crippen molar-refractivity contribution < 1.29 is 35.5 Å². The number of ether oxygens (including phenoxy) is 1. The minimum absolute atomic E-state index is 0.221. The second kappa shape index (κ2) is 9.00. The fourth-order valence-corrected chi connectivity index (χ4v) is 3.59. The molecule has 0 heterocycles. The van der Waals surface area contributed by atoms with E-state index in [1.54, 1.807) is 18.2 Å². The van der Waals surface area contributed by atoms with E-state index in [0.717, 1.165) is 17.7 Å². The molecule has 34 heavy (non-hydrogen) atoms. The molecule has 0 amide bonds. The molecule has 0 radical (unpaired) electrons. The highest BCUT2D eigenvalue weighted by atomic mass is 19.3. The van der Waals surface area contributed by atoms with Crippen molar-refractivity contribution in [2.45, 2.75) is 25.9 Å². The number of aryl methyl sites for hydroxylation is 3. The number of hydrogen-bond acceptors (Lipinski definition) is 1. The number of alkyl halides is 2. The Kier molecular flexibility index (Phi) is 6.25. The van der Waals surface area contributed by atoms with Crippen LogP contribution in [0.25, 0.3) is 10.8 Å². The molecule has 0 aliphatic carbocycles. The lowest BCUT2D eigenvalue weighted by Crippen LogP contribution is -2.22. The van der Waals surface area contributed by atoms with E-state index in [1.807, 2.05) is 0 Å². The van der Waals surface area contributed by atoms with Crippen LogP contribution in [0.2, 0.25) is 0 Å². The molecule has 4 aromatic rings. The van der Waals surface area contributed by atoms with Crippen LogP contribution in [0.4, 0.5) is 30.7 Å². The molecule has 4 aromatic carbocycles. The quantitative estimate of drug-likeness (QED) is 0.203. The normalized spacial score (nSPS) is 11.8. The minimum atomic E-state index is -3.95. The van der Waals surface area contributed by atoms with E-state index < -0.39 is 46.5 Å². The van der Waals surface area contributed by atoms with Crippen molar-refractivity contribution in [3.05, 3.63) is 112 Å². The van der Waals surface area contributed by atoms with Gasteiger partial charge in [0.05, 0.1) is 5.56 Å². The van der Waals surface area contributed by atoms with Crippen LogP contribution in [0, 0.1) is 36.0 Å². The fourth-order valence-electron chi connectivity index (χ4n) is 3.59. The summed E-state index contributed by atoms with van der Waals surface area (Å²) in [5.41, 5.74) is 0.679. The van der Waals surface area contributed by atoms with E-state index >= 15 is 0 Å². The van der Waals surface area contributed by atoms with Gasteiger partial charge in [-0.05, 0) is 59.4 Å². The van der Waals surface area contributed by atoms with Crippen molar-refractivity contribution in [3.63, 3.8) is 0 Å². The third-order valence-electron chi connectivity index (χ3n) is 5.48. The predicted octanol–water partition coefficient (Wildman–Crippen LogP) is 7.76. The van der Waals surface area contributed by atoms with Crippen LogP contribution < -0.4 is 4.74 Å². The molecule has 0 N–H and O–H groups in total. The summed E-state index contributed by atoms with van der Waals surface area (Å²) < 4.78 is 101. The molecule has 0 saturated heterocycles. The van der Waals surface area contributed by atoms with E-state index in [-0.39, 0.29) is 17.5 Å². The smallest absolute Gasteiger partial charge is 0.426 e. The highest BCUT2D eigenvalue weighted by molar-refractivity contribution is 5.84. The Morgan fingerprint density at radius 1 is 0.676 bits per heavy atom. The number of benzene rings is 4. The summed E-state index contributed by atoms with van der Waals surface area (Å²) in [6.45, 7) is 1.48. The van der Waals surface area contributed by atoms with Gasteiger partial charge in [0, 0.05) is 12.1 Å². The highest BCUT2D eigenvalue weighted by Gasteiger charge is 2.35. The minimum Gasteiger partial charge on any atom is -0.429 e. The molecule has 0 spiro atoms. The van der Waals surface area contributed by atoms with Crippen LogP contribution in [-0.2, 0) is 19.0 Å². The number of fused-ring (bicyclic) bond motifs is 1. The zero-order valence-corrected chi connectivity index (χ0v) is 17.7. The maximum Gasteiger partial charge on any atom is 0.426 e. The maximum atomic E-state index is 14.6. The lowest BCUT2D eigenvalue weighted by atomic mass is 9.99. The second-order valence-electron chi connectivity index (χ2n) is 7.89. The first-order valence-electron chi connectivity index (χ1n) is 10.2. The van der Waals surface area contributed by atoms with Crippen LogP contribution in [0.1, 0.15) is 22.3 Å². The number of halogens is 7. The van der Waals surface area contributed by atoms with E-state index in [4.69, 9.17) is 0 Å². The molecular weight excluding hydrogens is 461 g/mol. The molecule has 176 valence electrons. The van der Waals surface area contributed by atoms with Gasteiger partial charge in [0.1, 0.15) is 5.75 Å². The van der Waals surface area contributed by atoms with Crippen molar-refractivity contribution in [1.29, 1.82) is 0 Å². The van der Waals surface area contributed by atoms with Gasteiger partial charge in [-0.3, -0.25) is 0 Å². The van der Waals surface area contributed by atoms with Crippen LogP contribution >= 0.6 is 0 Å². The van der Waals surface area contributed by atoms with Crippen LogP contribution in [0.3, 0.4) is 0 Å². The summed E-state index contributed by atoms with van der Waals surface area (Å²) in [5.74, 6) is -7.70. The van der Waals surface area contributed by atoms with Crippen molar-refractivity contribution in [1.82, 2.24) is 0 Å². The van der Waals surface area contributed by atoms with Gasteiger partial charge in [-0.25, -0.2) is 22.0 Å². The molecule has 0 aromatic heterocycles. The van der Waals surface area contributed by atoms with Gasteiger partial charge in [-0.15, -0.1) is 0 Å². The largest absolute Gasteiger partial charge is 0.429 e. The Hall–Kier alpha value is -3.55. The monoisotopic (exact) mass is 478 g/mol. The molecule has 4 rings (SSSR count). The molecule has 0 aliphatic rings. The number of hydrogen-bond donors (Lipinski definition) is 0. The van der Waals surface area contributed by atoms with Gasteiger partial charge in [0.15, 0.2) is 29.1 Å². The highest BCUT2D eigenvalue weighted by Crippen LogP contribution is 2.34. The molecule has 0 saturated carbocycles. The van der Waals surface area contributed by atoms with E-state index in [9.17, 15) is 30.7 Å². The van der Waals surface area contributed by atoms with E-state index in [1.165, 1.54) is 25.1 Å². The summed E-state index contributed by atoms with van der Waals surface area (Å²) in [6.07, 6.45) is -3.29. The Morgan fingerprint density at radius 2 is 1.32 bits per heavy atom. The Morgan fingerprint density at radius 3 is 2.03 bits per heavy atom. The maximum absolute atomic E-state index is 14.6. The first-order chi connectivity index (χ1) is 16.0. The predicted molar refractivity (Wildman–Crippen MR) is 113 cm³/mol. The third kappa shape index (κ3) is 4.71.